The number of carbonyl (C=O) groups excluding carboxylic acids is 2. The lowest BCUT2D eigenvalue weighted by Crippen LogP contribution is -2.39. The van der Waals surface area contributed by atoms with Gasteiger partial charge in [-0.05, 0) is 31.4 Å². The van der Waals surface area contributed by atoms with Crippen molar-refractivity contribution in [2.24, 2.45) is 5.92 Å². The van der Waals surface area contributed by atoms with Gasteiger partial charge in [0, 0.05) is 25.2 Å². The molecule has 6 heteroatoms. The first-order valence-corrected chi connectivity index (χ1v) is 8.18. The number of hydrogen-bond donors (Lipinski definition) is 2. The molecule has 24 heavy (non-hydrogen) atoms. The van der Waals surface area contributed by atoms with E-state index >= 15 is 0 Å². The summed E-state index contributed by atoms with van der Waals surface area (Å²) in [6.45, 7) is 4.47. The standard InChI is InChI=1S/C18H22N4O2/c1-12-5-3-4-6-14(12)7-13(2)21-18(24)15-8-17(23)22(11-15)16-9-19-20-10-16/h3-6,9-10,13,15H,7-8,11H2,1-2H3,(H,19,20)(H,21,24)/t13-,15+/m0/s1. The summed E-state index contributed by atoms with van der Waals surface area (Å²) in [5.74, 6) is -0.412. The average Bonchev–Trinajstić information content (AvgIpc) is 3.18. The Labute approximate surface area is 141 Å². The van der Waals surface area contributed by atoms with Crippen LogP contribution in [-0.4, -0.2) is 34.6 Å². The van der Waals surface area contributed by atoms with Gasteiger partial charge in [-0.2, -0.15) is 5.10 Å². The van der Waals surface area contributed by atoms with E-state index in [-0.39, 0.29) is 30.2 Å². The number of anilines is 1. The van der Waals surface area contributed by atoms with Crippen molar-refractivity contribution in [3.8, 4) is 0 Å². The second kappa shape index (κ2) is 6.86. The molecule has 1 fully saturated rings. The van der Waals surface area contributed by atoms with E-state index in [1.54, 1.807) is 17.3 Å². The molecule has 0 unspecified atom stereocenters. The molecular formula is C18H22N4O2. The Morgan fingerprint density at radius 2 is 2.25 bits per heavy atom. The number of nitrogens with zero attached hydrogens (tertiary/aromatic N) is 2. The third-order valence-corrected chi connectivity index (χ3v) is 4.47. The summed E-state index contributed by atoms with van der Waals surface area (Å²) in [5.41, 5.74) is 3.16. The Hall–Kier alpha value is -2.63. The highest BCUT2D eigenvalue weighted by Gasteiger charge is 2.35. The summed E-state index contributed by atoms with van der Waals surface area (Å²) in [4.78, 5) is 26.2. The van der Waals surface area contributed by atoms with Crippen molar-refractivity contribution in [1.82, 2.24) is 15.5 Å². The van der Waals surface area contributed by atoms with Gasteiger partial charge in [-0.1, -0.05) is 24.3 Å². The van der Waals surface area contributed by atoms with Crippen LogP contribution >= 0.6 is 0 Å². The number of nitrogens with one attached hydrogen (secondary N) is 2. The molecule has 0 bridgehead atoms. The van der Waals surface area contributed by atoms with Crippen LogP contribution in [0, 0.1) is 12.8 Å². The van der Waals surface area contributed by atoms with Gasteiger partial charge >= 0.3 is 0 Å². The monoisotopic (exact) mass is 326 g/mol. The predicted molar refractivity (Wildman–Crippen MR) is 91.5 cm³/mol. The topological polar surface area (TPSA) is 78.1 Å². The first kappa shape index (κ1) is 16.2. The summed E-state index contributed by atoms with van der Waals surface area (Å²) in [5, 5.41) is 9.59. The van der Waals surface area contributed by atoms with Crippen LogP contribution in [0.2, 0.25) is 0 Å². The molecule has 0 spiro atoms. The van der Waals surface area contributed by atoms with Crippen LogP contribution in [0.1, 0.15) is 24.5 Å². The zero-order valence-electron chi connectivity index (χ0n) is 14.0. The minimum atomic E-state index is -0.313. The van der Waals surface area contributed by atoms with Crippen LogP contribution in [0.15, 0.2) is 36.7 Å². The van der Waals surface area contributed by atoms with E-state index in [9.17, 15) is 9.59 Å². The van der Waals surface area contributed by atoms with Crippen molar-refractivity contribution in [1.29, 1.82) is 0 Å². The van der Waals surface area contributed by atoms with Crippen LogP contribution in [0.5, 0.6) is 0 Å². The fraction of sp³-hybridized carbons (Fsp3) is 0.389. The number of carbonyl (C=O) groups is 2. The molecular weight excluding hydrogens is 304 g/mol. The number of aromatic nitrogens is 2. The van der Waals surface area contributed by atoms with Gasteiger partial charge in [-0.15, -0.1) is 0 Å². The van der Waals surface area contributed by atoms with Gasteiger partial charge in [0.15, 0.2) is 0 Å². The van der Waals surface area contributed by atoms with E-state index < -0.39 is 0 Å². The van der Waals surface area contributed by atoms with E-state index in [0.29, 0.717) is 12.2 Å². The number of hydrogen-bond acceptors (Lipinski definition) is 3. The molecule has 2 heterocycles. The number of aromatic amines is 1. The molecule has 1 aromatic heterocycles. The van der Waals surface area contributed by atoms with Gasteiger partial charge < -0.3 is 10.2 Å². The number of H-pyrrole nitrogens is 1. The summed E-state index contributed by atoms with van der Waals surface area (Å²) < 4.78 is 0. The molecule has 1 aliphatic rings. The molecule has 6 nitrogen and oxygen atoms in total. The van der Waals surface area contributed by atoms with Crippen molar-refractivity contribution in [3.05, 3.63) is 47.8 Å². The molecule has 0 saturated carbocycles. The fourth-order valence-electron chi connectivity index (χ4n) is 3.11. The summed E-state index contributed by atoms with van der Waals surface area (Å²) in [7, 11) is 0. The maximum atomic E-state index is 12.5. The molecule has 0 radical (unpaired) electrons. The lowest BCUT2D eigenvalue weighted by atomic mass is 10.0. The zero-order chi connectivity index (χ0) is 17.1. The van der Waals surface area contributed by atoms with Gasteiger partial charge in [-0.3, -0.25) is 14.7 Å². The highest BCUT2D eigenvalue weighted by atomic mass is 16.2. The molecule has 2 N–H and O–H groups in total. The smallest absolute Gasteiger partial charge is 0.227 e. The third-order valence-electron chi connectivity index (χ3n) is 4.47. The van der Waals surface area contributed by atoms with E-state index in [0.717, 1.165) is 6.42 Å². The second-order valence-corrected chi connectivity index (χ2v) is 6.40. The third kappa shape index (κ3) is 3.48. The molecule has 3 rings (SSSR count). The number of amides is 2. The Kier molecular flexibility index (Phi) is 4.64. The number of aryl methyl sites for hydroxylation is 1. The SMILES string of the molecule is Cc1ccccc1C[C@H](C)NC(=O)[C@@H]1CC(=O)N(c2cn[nH]c2)C1. The summed E-state index contributed by atoms with van der Waals surface area (Å²) in [6, 6.07) is 8.20. The molecule has 1 saturated heterocycles. The zero-order valence-corrected chi connectivity index (χ0v) is 14.0. The first-order valence-electron chi connectivity index (χ1n) is 8.18. The lowest BCUT2D eigenvalue weighted by molar-refractivity contribution is -0.126. The predicted octanol–water partition coefficient (Wildman–Crippen LogP) is 1.82. The van der Waals surface area contributed by atoms with Crippen LogP contribution in [0.4, 0.5) is 5.69 Å². The van der Waals surface area contributed by atoms with Gasteiger partial charge in [0.1, 0.15) is 0 Å². The van der Waals surface area contributed by atoms with Crippen LogP contribution < -0.4 is 10.2 Å². The summed E-state index contributed by atoms with van der Waals surface area (Å²) >= 11 is 0. The van der Waals surface area contributed by atoms with Crippen molar-refractivity contribution in [3.63, 3.8) is 0 Å². The lowest BCUT2D eigenvalue weighted by Gasteiger charge is -2.18. The van der Waals surface area contributed by atoms with Gasteiger partial charge in [0.05, 0.1) is 17.8 Å². The van der Waals surface area contributed by atoms with Crippen LogP contribution in [0.3, 0.4) is 0 Å². The number of benzene rings is 1. The summed E-state index contributed by atoms with van der Waals surface area (Å²) in [6.07, 6.45) is 4.29. The highest BCUT2D eigenvalue weighted by molar-refractivity contribution is 6.00. The van der Waals surface area contributed by atoms with E-state index in [2.05, 4.69) is 34.6 Å². The average molecular weight is 326 g/mol. The Balaban J connectivity index is 1.57. The van der Waals surface area contributed by atoms with Crippen LogP contribution in [-0.2, 0) is 16.0 Å². The largest absolute Gasteiger partial charge is 0.353 e. The van der Waals surface area contributed by atoms with Crippen molar-refractivity contribution >= 4 is 17.5 Å². The van der Waals surface area contributed by atoms with E-state index in [4.69, 9.17) is 0 Å². The van der Waals surface area contributed by atoms with Gasteiger partial charge in [0.25, 0.3) is 0 Å². The van der Waals surface area contributed by atoms with Crippen molar-refractivity contribution < 1.29 is 9.59 Å². The minimum absolute atomic E-state index is 0.0247. The molecule has 1 aliphatic heterocycles. The Morgan fingerprint density at radius 1 is 1.46 bits per heavy atom. The molecule has 0 aliphatic carbocycles. The van der Waals surface area contributed by atoms with Gasteiger partial charge in [0.2, 0.25) is 11.8 Å². The molecule has 126 valence electrons. The van der Waals surface area contributed by atoms with Crippen molar-refractivity contribution in [2.45, 2.75) is 32.7 Å². The molecule has 2 amide bonds. The fourth-order valence-corrected chi connectivity index (χ4v) is 3.11. The first-order chi connectivity index (χ1) is 11.5. The normalized spacial score (nSPS) is 18.7. The minimum Gasteiger partial charge on any atom is -0.353 e. The van der Waals surface area contributed by atoms with Crippen molar-refractivity contribution in [2.75, 3.05) is 11.4 Å². The molecule has 2 atom stereocenters. The Bertz CT molecular complexity index is 726. The maximum absolute atomic E-state index is 12.5. The molecule has 2 aromatic rings. The van der Waals surface area contributed by atoms with E-state index in [1.807, 2.05) is 19.1 Å². The highest BCUT2D eigenvalue weighted by Crippen LogP contribution is 2.24. The second-order valence-electron chi connectivity index (χ2n) is 6.40. The number of rotatable bonds is 5. The van der Waals surface area contributed by atoms with Gasteiger partial charge in [-0.25, -0.2) is 0 Å². The molecule has 1 aromatic carbocycles. The van der Waals surface area contributed by atoms with Crippen LogP contribution in [0.25, 0.3) is 0 Å². The quantitative estimate of drug-likeness (QED) is 0.880. The maximum Gasteiger partial charge on any atom is 0.227 e. The van der Waals surface area contributed by atoms with E-state index in [1.165, 1.54) is 11.1 Å². The Morgan fingerprint density at radius 3 is 2.96 bits per heavy atom.